The molecule has 0 aliphatic carbocycles. The van der Waals surface area contributed by atoms with Crippen LogP contribution in [0.5, 0.6) is 0 Å². The molecule has 0 fully saturated rings. The van der Waals surface area contributed by atoms with Gasteiger partial charge in [-0.1, -0.05) is 13.3 Å². The molecule has 5 heavy (non-hydrogen) atoms. The first-order valence-corrected chi connectivity index (χ1v) is 1.71. The van der Waals surface area contributed by atoms with E-state index < -0.39 is 0 Å². The van der Waals surface area contributed by atoms with Gasteiger partial charge in [0, 0.05) is 40.4 Å². The molecule has 0 spiro atoms. The Morgan fingerprint density at radius 2 is 1.80 bits per heavy atom. The molecule has 0 nitrogen and oxygen atoms in total. The molecular weight excluding hydrogens is 198 g/mol. The summed E-state index contributed by atoms with van der Waals surface area (Å²) in [5.74, 6) is 0. The first-order valence-electron chi connectivity index (χ1n) is 1.71. The van der Waals surface area contributed by atoms with Crippen LogP contribution in [0.25, 0.3) is 0 Å². The van der Waals surface area contributed by atoms with Crippen molar-refractivity contribution < 1.29 is 40.4 Å². The fourth-order valence-corrected chi connectivity index (χ4v) is 0. The van der Waals surface area contributed by atoms with Gasteiger partial charge in [-0.2, -0.15) is 6.42 Å². The molecule has 0 amide bonds. The largest absolute Gasteiger partial charge is 0.343 e. The van der Waals surface area contributed by atoms with Crippen molar-refractivity contribution in [1.29, 1.82) is 0 Å². The summed E-state index contributed by atoms with van der Waals surface area (Å²) in [6.07, 6.45) is 2.28. The monoisotopic (exact) mass is 209 g/mol. The number of rotatable bonds is 1. The van der Waals surface area contributed by atoms with Gasteiger partial charge in [0.15, 0.2) is 0 Å². The molecule has 0 rings (SSSR count). The van der Waals surface area contributed by atoms with E-state index in [1.165, 1.54) is 6.42 Å². The summed E-state index contributed by atoms with van der Waals surface area (Å²) in [5, 5.41) is 0. The fraction of sp³-hybridized carbons (Fsp3) is 0.750. The minimum atomic E-state index is 0. The van der Waals surface area contributed by atoms with Gasteiger partial charge in [0.05, 0.1) is 0 Å². The molecule has 0 atom stereocenters. The summed E-state index contributed by atoms with van der Waals surface area (Å²) in [4.78, 5) is 0. The Kier molecular flexibility index (Phi) is 17.3. The molecule has 0 bridgehead atoms. The van der Waals surface area contributed by atoms with Crippen LogP contribution in [0.2, 0.25) is 0 Å². The quantitative estimate of drug-likeness (QED) is 0.573. The van der Waals surface area contributed by atoms with E-state index in [9.17, 15) is 0 Å². The van der Waals surface area contributed by atoms with Gasteiger partial charge in [-0.05, 0) is 0 Å². The summed E-state index contributed by atoms with van der Waals surface area (Å²) in [5.41, 5.74) is 0. The average molecular weight is 207 g/mol. The summed E-state index contributed by atoms with van der Waals surface area (Å²) in [6.45, 7) is 5.72. The van der Waals surface area contributed by atoms with Gasteiger partial charge < -0.3 is 6.92 Å². The maximum atomic E-state index is 3.60. The van der Waals surface area contributed by atoms with E-state index >= 15 is 0 Å². The molecule has 1 heteroatoms. The van der Waals surface area contributed by atoms with E-state index in [2.05, 4.69) is 13.8 Å². The summed E-state index contributed by atoms with van der Waals surface area (Å²) in [7, 11) is 0. The van der Waals surface area contributed by atoms with Gasteiger partial charge in [-0.15, -0.1) is 0 Å². The molecular formula is C4H9Sm-. The smallest absolute Gasteiger partial charge is 0 e. The van der Waals surface area contributed by atoms with Crippen molar-refractivity contribution in [2.45, 2.75) is 19.8 Å². The SMILES string of the molecule is [CH2-]CCC.[Sm]. The van der Waals surface area contributed by atoms with Crippen LogP contribution in [0.3, 0.4) is 0 Å². The van der Waals surface area contributed by atoms with Crippen LogP contribution >= 0.6 is 0 Å². The predicted octanol–water partition coefficient (Wildman–Crippen LogP) is 1.62. The molecule has 0 saturated heterocycles. The van der Waals surface area contributed by atoms with E-state index in [1.54, 1.807) is 0 Å². The van der Waals surface area contributed by atoms with E-state index in [-0.39, 0.29) is 40.4 Å². The van der Waals surface area contributed by atoms with Crippen molar-refractivity contribution in [2.75, 3.05) is 0 Å². The standard InChI is InChI=1S/C4H9.Sm/c1-3-4-2;/h1,3-4H2,2H3;/q-1;. The molecule has 0 saturated carbocycles. The van der Waals surface area contributed by atoms with Gasteiger partial charge in [0.1, 0.15) is 0 Å². The van der Waals surface area contributed by atoms with Crippen LogP contribution in [-0.2, 0) is 0 Å². The second-order valence-electron chi connectivity index (χ2n) is 0.854. The van der Waals surface area contributed by atoms with Crippen molar-refractivity contribution in [3.8, 4) is 0 Å². The van der Waals surface area contributed by atoms with Gasteiger partial charge in [-0.3, -0.25) is 0 Å². The van der Waals surface area contributed by atoms with Gasteiger partial charge in [-0.25, -0.2) is 0 Å². The Balaban J connectivity index is 0. The Hall–Kier alpha value is 1.34. The van der Waals surface area contributed by atoms with Crippen LogP contribution in [-0.4, -0.2) is 0 Å². The number of hydrogen-bond donors (Lipinski definition) is 0. The molecule has 0 aromatic heterocycles. The van der Waals surface area contributed by atoms with Crippen molar-refractivity contribution in [3.63, 3.8) is 0 Å². The Morgan fingerprint density at radius 3 is 1.80 bits per heavy atom. The zero-order valence-corrected chi connectivity index (χ0v) is 6.15. The molecule has 0 aliphatic rings. The third-order valence-corrected chi connectivity index (χ3v) is 0.354. The maximum absolute atomic E-state index is 3.60. The van der Waals surface area contributed by atoms with Gasteiger partial charge in [0.25, 0.3) is 0 Å². The van der Waals surface area contributed by atoms with Crippen LogP contribution in [0.4, 0.5) is 0 Å². The molecule has 0 N–H and O–H groups in total. The van der Waals surface area contributed by atoms with Crippen molar-refractivity contribution in [2.24, 2.45) is 0 Å². The van der Waals surface area contributed by atoms with E-state index in [1.807, 2.05) is 0 Å². The molecule has 0 aliphatic heterocycles. The minimum absolute atomic E-state index is 0. The normalized spacial score (nSPS) is 6.00. The molecule has 32 valence electrons. The molecule has 0 radical (unpaired) electrons. The second kappa shape index (κ2) is 9.02. The zero-order chi connectivity index (χ0) is 3.41. The average Bonchev–Trinajstić information content (AvgIpc) is 1.37. The Morgan fingerprint density at radius 1 is 1.60 bits per heavy atom. The summed E-state index contributed by atoms with van der Waals surface area (Å²) >= 11 is 0. The molecule has 0 heterocycles. The minimum Gasteiger partial charge on any atom is -0.343 e. The van der Waals surface area contributed by atoms with Crippen LogP contribution in [0.1, 0.15) is 19.8 Å². The molecule has 0 aromatic rings. The van der Waals surface area contributed by atoms with E-state index in [0.717, 1.165) is 6.42 Å². The first-order chi connectivity index (χ1) is 1.91. The van der Waals surface area contributed by atoms with Gasteiger partial charge >= 0.3 is 0 Å². The van der Waals surface area contributed by atoms with Gasteiger partial charge in [0.2, 0.25) is 0 Å². The van der Waals surface area contributed by atoms with Crippen molar-refractivity contribution >= 4 is 0 Å². The summed E-state index contributed by atoms with van der Waals surface area (Å²) < 4.78 is 0. The van der Waals surface area contributed by atoms with E-state index in [4.69, 9.17) is 0 Å². The summed E-state index contributed by atoms with van der Waals surface area (Å²) in [6, 6.07) is 0. The van der Waals surface area contributed by atoms with Crippen molar-refractivity contribution in [3.05, 3.63) is 6.92 Å². The third kappa shape index (κ3) is 10.9. The van der Waals surface area contributed by atoms with E-state index in [0.29, 0.717) is 0 Å². The molecule has 0 unspecified atom stereocenters. The topological polar surface area (TPSA) is 0 Å². The van der Waals surface area contributed by atoms with Crippen LogP contribution in [0.15, 0.2) is 0 Å². The third-order valence-electron chi connectivity index (χ3n) is 0.354. The number of hydrogen-bond acceptors (Lipinski definition) is 0. The Labute approximate surface area is 66.4 Å². The number of unbranched alkanes of at least 4 members (excludes halogenated alkanes) is 1. The fourth-order valence-electron chi connectivity index (χ4n) is 0. The predicted molar refractivity (Wildman–Crippen MR) is 20.3 cm³/mol. The second-order valence-corrected chi connectivity index (χ2v) is 0.854. The van der Waals surface area contributed by atoms with Crippen molar-refractivity contribution in [1.82, 2.24) is 0 Å². The molecule has 0 aromatic carbocycles. The first kappa shape index (κ1) is 9.60. The maximum Gasteiger partial charge on any atom is 0 e. The zero-order valence-electron chi connectivity index (χ0n) is 3.53. The van der Waals surface area contributed by atoms with Crippen LogP contribution < -0.4 is 0 Å². The Bertz CT molecular complexity index is 5.61. The van der Waals surface area contributed by atoms with Crippen LogP contribution in [0, 0.1) is 47.3 Å².